The number of halogens is 3. The van der Waals surface area contributed by atoms with Gasteiger partial charge in [0.25, 0.3) is 5.91 Å². The van der Waals surface area contributed by atoms with Gasteiger partial charge in [0.1, 0.15) is 0 Å². The van der Waals surface area contributed by atoms with Crippen LogP contribution in [0.25, 0.3) is 6.08 Å². The molecular formula is C11H6F3NO2. The minimum absolute atomic E-state index is 0.0138. The molecule has 2 amide bonds. The molecule has 0 bridgehead atoms. The van der Waals surface area contributed by atoms with Gasteiger partial charge in [-0.2, -0.15) is 0 Å². The maximum absolute atomic E-state index is 13.3. The highest BCUT2D eigenvalue weighted by atomic mass is 19.2. The van der Waals surface area contributed by atoms with Crippen molar-refractivity contribution in [3.05, 3.63) is 40.7 Å². The molecule has 3 nitrogen and oxygen atoms in total. The monoisotopic (exact) mass is 241 g/mol. The second-order valence-electron chi connectivity index (χ2n) is 3.49. The van der Waals surface area contributed by atoms with E-state index < -0.39 is 29.3 Å². The van der Waals surface area contributed by atoms with E-state index in [4.69, 9.17) is 0 Å². The maximum atomic E-state index is 13.3. The number of amides is 2. The highest BCUT2D eigenvalue weighted by molar-refractivity contribution is 6.15. The molecule has 1 N–H and O–H groups in total. The molecule has 1 saturated heterocycles. The van der Waals surface area contributed by atoms with E-state index in [1.165, 1.54) is 0 Å². The van der Waals surface area contributed by atoms with Crippen LogP contribution in [0.15, 0.2) is 17.7 Å². The van der Waals surface area contributed by atoms with Crippen LogP contribution in [-0.4, -0.2) is 11.8 Å². The summed E-state index contributed by atoms with van der Waals surface area (Å²) in [5.74, 6) is -5.46. The second kappa shape index (κ2) is 4.04. The molecule has 0 saturated carbocycles. The number of imide groups is 1. The minimum Gasteiger partial charge on any atom is -0.292 e. The van der Waals surface area contributed by atoms with E-state index in [-0.39, 0.29) is 17.6 Å². The fourth-order valence-corrected chi connectivity index (χ4v) is 1.46. The topological polar surface area (TPSA) is 46.2 Å². The Morgan fingerprint density at radius 2 is 1.82 bits per heavy atom. The summed E-state index contributed by atoms with van der Waals surface area (Å²) >= 11 is 0. The van der Waals surface area contributed by atoms with Crippen LogP contribution in [0.4, 0.5) is 13.2 Å². The third kappa shape index (κ3) is 2.06. The fourth-order valence-electron chi connectivity index (χ4n) is 1.46. The Kier molecular flexibility index (Phi) is 2.71. The maximum Gasteiger partial charge on any atom is 0.254 e. The number of nitrogens with one attached hydrogen (secondary N) is 1. The zero-order valence-corrected chi connectivity index (χ0v) is 8.39. The molecule has 0 aromatic heterocycles. The van der Waals surface area contributed by atoms with Crippen LogP contribution in [-0.2, 0) is 9.59 Å². The average Bonchev–Trinajstić information content (AvgIpc) is 2.58. The van der Waals surface area contributed by atoms with Gasteiger partial charge in [-0.15, -0.1) is 0 Å². The van der Waals surface area contributed by atoms with E-state index in [1.54, 1.807) is 0 Å². The normalized spacial score (nSPS) is 17.7. The van der Waals surface area contributed by atoms with Crippen molar-refractivity contribution < 1.29 is 22.8 Å². The number of hydrogen-bond donors (Lipinski definition) is 1. The van der Waals surface area contributed by atoms with Crippen LogP contribution in [0, 0.1) is 17.5 Å². The van der Waals surface area contributed by atoms with Gasteiger partial charge in [-0.3, -0.25) is 14.9 Å². The number of hydrogen-bond acceptors (Lipinski definition) is 2. The quantitative estimate of drug-likeness (QED) is 0.460. The van der Waals surface area contributed by atoms with Gasteiger partial charge in [-0.1, -0.05) is 0 Å². The molecule has 0 aliphatic carbocycles. The first-order valence-electron chi connectivity index (χ1n) is 4.67. The Morgan fingerprint density at radius 1 is 1.12 bits per heavy atom. The van der Waals surface area contributed by atoms with Gasteiger partial charge < -0.3 is 0 Å². The average molecular weight is 241 g/mol. The largest absolute Gasteiger partial charge is 0.292 e. The molecule has 17 heavy (non-hydrogen) atoms. The third-order valence-electron chi connectivity index (χ3n) is 2.29. The van der Waals surface area contributed by atoms with Crippen LogP contribution >= 0.6 is 0 Å². The Balaban J connectivity index is 2.43. The molecule has 1 aromatic carbocycles. The Labute approximate surface area is 93.9 Å². The van der Waals surface area contributed by atoms with Gasteiger partial charge in [0, 0.05) is 11.1 Å². The van der Waals surface area contributed by atoms with Crippen molar-refractivity contribution in [2.45, 2.75) is 6.42 Å². The molecular weight excluding hydrogens is 235 g/mol. The number of carbonyl (C=O) groups excluding carboxylic acids is 2. The van der Waals surface area contributed by atoms with Gasteiger partial charge in [-0.25, -0.2) is 13.2 Å². The summed E-state index contributed by atoms with van der Waals surface area (Å²) in [6.07, 6.45) is 0.829. The molecule has 0 radical (unpaired) electrons. The van der Waals surface area contributed by atoms with Crippen LogP contribution in [0.3, 0.4) is 0 Å². The van der Waals surface area contributed by atoms with Crippen LogP contribution in [0.2, 0.25) is 0 Å². The van der Waals surface area contributed by atoms with Crippen LogP contribution in [0.1, 0.15) is 12.0 Å². The molecule has 1 aliphatic rings. The minimum atomic E-state index is -1.61. The first-order chi connectivity index (χ1) is 7.99. The zero-order chi connectivity index (χ0) is 12.6. The molecule has 6 heteroatoms. The van der Waals surface area contributed by atoms with Crippen molar-refractivity contribution in [2.75, 3.05) is 0 Å². The van der Waals surface area contributed by atoms with Crippen LogP contribution < -0.4 is 5.32 Å². The summed E-state index contributed by atoms with van der Waals surface area (Å²) in [6, 6.07) is 1.75. The first-order valence-corrected chi connectivity index (χ1v) is 4.67. The Hall–Kier alpha value is -2.11. The van der Waals surface area contributed by atoms with Crippen LogP contribution in [0.5, 0.6) is 0 Å². The summed E-state index contributed by atoms with van der Waals surface area (Å²) in [5, 5.41) is 2.00. The lowest BCUT2D eigenvalue weighted by Crippen LogP contribution is -2.19. The molecule has 1 aliphatic heterocycles. The summed E-state index contributed by atoms with van der Waals surface area (Å²) < 4.78 is 38.8. The van der Waals surface area contributed by atoms with Gasteiger partial charge in [0.15, 0.2) is 17.5 Å². The van der Waals surface area contributed by atoms with E-state index >= 15 is 0 Å². The second-order valence-corrected chi connectivity index (χ2v) is 3.49. The zero-order valence-electron chi connectivity index (χ0n) is 8.39. The van der Waals surface area contributed by atoms with Crippen molar-refractivity contribution >= 4 is 17.9 Å². The Bertz CT molecular complexity index is 552. The molecule has 0 spiro atoms. The van der Waals surface area contributed by atoms with Gasteiger partial charge in [-0.05, 0) is 18.2 Å². The van der Waals surface area contributed by atoms with E-state index in [0.717, 1.165) is 18.2 Å². The highest BCUT2D eigenvalue weighted by Gasteiger charge is 2.24. The summed E-state index contributed by atoms with van der Waals surface area (Å²) in [4.78, 5) is 22.0. The molecule has 0 unspecified atom stereocenters. The highest BCUT2D eigenvalue weighted by Crippen LogP contribution is 2.20. The van der Waals surface area contributed by atoms with Gasteiger partial charge >= 0.3 is 0 Å². The van der Waals surface area contributed by atoms with Crippen molar-refractivity contribution in [3.8, 4) is 0 Å². The molecule has 1 fully saturated rings. The summed E-state index contributed by atoms with van der Waals surface area (Å²) in [7, 11) is 0. The van der Waals surface area contributed by atoms with Gasteiger partial charge in [0.2, 0.25) is 5.91 Å². The molecule has 2 rings (SSSR count). The predicted octanol–water partition coefficient (Wildman–Crippen LogP) is 1.53. The smallest absolute Gasteiger partial charge is 0.254 e. The van der Waals surface area contributed by atoms with Crippen molar-refractivity contribution in [2.24, 2.45) is 0 Å². The molecule has 88 valence electrons. The molecule has 1 aromatic rings. The SMILES string of the molecule is O=C1C/C(=C\c2ccc(F)c(F)c2F)C(=O)N1. The number of rotatable bonds is 1. The summed E-state index contributed by atoms with van der Waals surface area (Å²) in [6.45, 7) is 0. The molecule has 0 atom stereocenters. The van der Waals surface area contributed by atoms with E-state index in [9.17, 15) is 22.8 Å². The van der Waals surface area contributed by atoms with E-state index in [1.807, 2.05) is 5.32 Å². The lowest BCUT2D eigenvalue weighted by molar-refractivity contribution is -0.124. The van der Waals surface area contributed by atoms with Crippen molar-refractivity contribution in [1.29, 1.82) is 0 Å². The summed E-state index contributed by atoms with van der Waals surface area (Å²) in [5.41, 5.74) is -0.261. The fraction of sp³-hybridized carbons (Fsp3) is 0.0909. The Morgan fingerprint density at radius 3 is 2.41 bits per heavy atom. The lowest BCUT2D eigenvalue weighted by Gasteiger charge is -2.00. The first kappa shape index (κ1) is 11.4. The van der Waals surface area contributed by atoms with E-state index in [0.29, 0.717) is 0 Å². The standard InChI is InChI=1S/C11H6F3NO2/c12-7-2-1-5(9(13)10(7)14)3-6-4-8(16)15-11(6)17/h1-3H,4H2,(H,15,16,17)/b6-3+. The lowest BCUT2D eigenvalue weighted by atomic mass is 10.1. The third-order valence-corrected chi connectivity index (χ3v) is 2.29. The molecule has 1 heterocycles. The number of carbonyl (C=O) groups is 2. The van der Waals surface area contributed by atoms with E-state index in [2.05, 4.69) is 0 Å². The van der Waals surface area contributed by atoms with Crippen molar-refractivity contribution in [3.63, 3.8) is 0 Å². The van der Waals surface area contributed by atoms with Crippen molar-refractivity contribution in [1.82, 2.24) is 5.32 Å². The number of benzene rings is 1. The van der Waals surface area contributed by atoms with Gasteiger partial charge in [0.05, 0.1) is 6.42 Å². The predicted molar refractivity (Wildman–Crippen MR) is 52.1 cm³/mol.